The van der Waals surface area contributed by atoms with Crippen molar-refractivity contribution in [2.24, 2.45) is 0 Å². The van der Waals surface area contributed by atoms with E-state index in [9.17, 15) is 0 Å². The lowest BCUT2D eigenvalue weighted by Gasteiger charge is -2.13. The number of rotatable bonds is 5. The van der Waals surface area contributed by atoms with E-state index in [2.05, 4.69) is 44.7 Å². The van der Waals surface area contributed by atoms with Crippen molar-refractivity contribution in [2.75, 3.05) is 5.32 Å². The molecule has 0 bridgehead atoms. The second-order valence-electron chi connectivity index (χ2n) is 4.28. The van der Waals surface area contributed by atoms with Crippen molar-refractivity contribution in [2.45, 2.75) is 38.1 Å². The van der Waals surface area contributed by atoms with E-state index in [4.69, 9.17) is 0 Å². The Bertz CT molecular complexity index is 388. The van der Waals surface area contributed by atoms with Crippen LogP contribution in [0.3, 0.4) is 0 Å². The summed E-state index contributed by atoms with van der Waals surface area (Å²) in [6.45, 7) is 5.85. The van der Waals surface area contributed by atoms with Crippen molar-refractivity contribution in [3.05, 3.63) is 29.1 Å². The minimum Gasteiger partial charge on any atom is -0.367 e. The van der Waals surface area contributed by atoms with Gasteiger partial charge < -0.3 is 5.32 Å². The molecule has 1 heterocycles. The first-order chi connectivity index (χ1) is 7.69. The molecule has 0 saturated heterocycles. The van der Waals surface area contributed by atoms with Crippen molar-refractivity contribution in [3.63, 3.8) is 0 Å². The van der Waals surface area contributed by atoms with Gasteiger partial charge in [-0.2, -0.15) is 0 Å². The highest BCUT2D eigenvalue weighted by atomic mass is 79.9. The largest absolute Gasteiger partial charge is 0.367 e. The van der Waals surface area contributed by atoms with E-state index < -0.39 is 0 Å². The van der Waals surface area contributed by atoms with Crippen LogP contribution < -0.4 is 5.32 Å². The van der Waals surface area contributed by atoms with Crippen LogP contribution in [0.4, 0.5) is 5.82 Å². The van der Waals surface area contributed by atoms with Crippen molar-refractivity contribution in [1.29, 1.82) is 0 Å². The first kappa shape index (κ1) is 11.6. The molecule has 4 heteroatoms. The molecular weight excluding hydrogens is 266 g/mol. The summed E-state index contributed by atoms with van der Waals surface area (Å²) in [5.74, 6) is 2.44. The number of halogens is 1. The molecule has 1 aliphatic rings. The molecule has 16 heavy (non-hydrogen) atoms. The second-order valence-corrected chi connectivity index (χ2v) is 5.09. The Hall–Kier alpha value is -0.900. The highest BCUT2D eigenvalue weighted by molar-refractivity contribution is 9.10. The predicted molar refractivity (Wildman–Crippen MR) is 69.6 cm³/mol. The maximum absolute atomic E-state index is 4.53. The molecule has 1 aromatic heterocycles. The van der Waals surface area contributed by atoms with Crippen LogP contribution in [0.5, 0.6) is 0 Å². The molecule has 0 aliphatic heterocycles. The Labute approximate surface area is 105 Å². The van der Waals surface area contributed by atoms with Gasteiger partial charge in [0.05, 0.1) is 0 Å². The van der Waals surface area contributed by atoms with Crippen molar-refractivity contribution < 1.29 is 0 Å². The van der Waals surface area contributed by atoms with Crippen molar-refractivity contribution in [3.8, 4) is 0 Å². The minimum absolute atomic E-state index is 0.353. The molecule has 0 radical (unpaired) electrons. The normalized spacial score (nSPS) is 16.9. The highest BCUT2D eigenvalue weighted by Crippen LogP contribution is 2.38. The van der Waals surface area contributed by atoms with E-state index >= 15 is 0 Å². The summed E-state index contributed by atoms with van der Waals surface area (Å²) in [7, 11) is 0. The van der Waals surface area contributed by atoms with Gasteiger partial charge in [-0.25, -0.2) is 9.97 Å². The predicted octanol–water partition coefficient (Wildman–Crippen LogP) is 3.49. The molecule has 0 aromatic carbocycles. The Balaban J connectivity index is 2.10. The molecule has 1 N–H and O–H groups in total. The number of anilines is 1. The number of aromatic nitrogens is 2. The van der Waals surface area contributed by atoms with Crippen LogP contribution in [0.1, 0.15) is 37.9 Å². The number of hydrogen-bond acceptors (Lipinski definition) is 3. The van der Waals surface area contributed by atoms with E-state index in [0.717, 1.165) is 22.7 Å². The average molecular weight is 282 g/mol. The summed E-state index contributed by atoms with van der Waals surface area (Å²) in [6.07, 6.45) is 5.28. The van der Waals surface area contributed by atoms with Crippen LogP contribution >= 0.6 is 15.9 Å². The molecule has 1 saturated carbocycles. The third-order valence-corrected chi connectivity index (χ3v) is 2.98. The number of nitrogens with one attached hydrogen (secondary N) is 1. The molecule has 86 valence electrons. The zero-order valence-corrected chi connectivity index (χ0v) is 11.0. The van der Waals surface area contributed by atoms with Gasteiger partial charge in [0, 0.05) is 18.0 Å². The maximum Gasteiger partial charge on any atom is 0.135 e. The molecule has 2 rings (SSSR count). The van der Waals surface area contributed by atoms with Gasteiger partial charge in [-0.05, 0) is 42.1 Å². The summed E-state index contributed by atoms with van der Waals surface area (Å²) in [4.78, 5) is 8.93. The zero-order valence-electron chi connectivity index (χ0n) is 9.41. The van der Waals surface area contributed by atoms with E-state index in [1.807, 2.05) is 12.1 Å². The monoisotopic (exact) mass is 281 g/mol. The Morgan fingerprint density at radius 2 is 2.38 bits per heavy atom. The van der Waals surface area contributed by atoms with Crippen LogP contribution in [0.2, 0.25) is 0 Å². The first-order valence-corrected chi connectivity index (χ1v) is 6.40. The van der Waals surface area contributed by atoms with E-state index in [1.54, 1.807) is 0 Å². The molecular formula is C12H16BrN3. The van der Waals surface area contributed by atoms with Gasteiger partial charge in [0.15, 0.2) is 0 Å². The number of hydrogen-bond donors (Lipinski definition) is 1. The lowest BCUT2D eigenvalue weighted by Crippen LogP contribution is -2.15. The van der Waals surface area contributed by atoms with Crippen LogP contribution in [-0.4, -0.2) is 16.0 Å². The standard InChI is InChI=1S/C12H16BrN3/c1-3-4-8(2)14-11-7-10(13)15-12(16-11)9-5-6-9/h3,7-9H,1,4-6H2,2H3,(H,14,15,16). The first-order valence-electron chi connectivity index (χ1n) is 5.61. The van der Waals surface area contributed by atoms with Gasteiger partial charge in [0.25, 0.3) is 0 Å². The SMILES string of the molecule is C=CCC(C)Nc1cc(Br)nc(C2CC2)n1. The van der Waals surface area contributed by atoms with E-state index in [0.29, 0.717) is 12.0 Å². The average Bonchev–Trinajstić information content (AvgIpc) is 2.99. The summed E-state index contributed by atoms with van der Waals surface area (Å²) in [5.41, 5.74) is 0. The molecule has 3 nitrogen and oxygen atoms in total. The Morgan fingerprint density at radius 1 is 1.62 bits per heavy atom. The highest BCUT2D eigenvalue weighted by Gasteiger charge is 2.27. The van der Waals surface area contributed by atoms with Crippen LogP contribution in [0, 0.1) is 0 Å². The smallest absolute Gasteiger partial charge is 0.135 e. The van der Waals surface area contributed by atoms with Crippen LogP contribution in [0.25, 0.3) is 0 Å². The summed E-state index contributed by atoms with van der Waals surface area (Å²) in [6, 6.07) is 2.28. The van der Waals surface area contributed by atoms with E-state index in [1.165, 1.54) is 12.8 Å². The molecule has 0 amide bonds. The maximum atomic E-state index is 4.53. The second kappa shape index (κ2) is 4.95. The minimum atomic E-state index is 0.353. The van der Waals surface area contributed by atoms with Gasteiger partial charge in [-0.15, -0.1) is 6.58 Å². The van der Waals surface area contributed by atoms with Crippen LogP contribution in [0.15, 0.2) is 23.3 Å². The van der Waals surface area contributed by atoms with Gasteiger partial charge in [0.2, 0.25) is 0 Å². The van der Waals surface area contributed by atoms with Gasteiger partial charge in [-0.1, -0.05) is 6.08 Å². The molecule has 1 atom stereocenters. The summed E-state index contributed by atoms with van der Waals surface area (Å²) in [5, 5.41) is 3.35. The lowest BCUT2D eigenvalue weighted by molar-refractivity contribution is 0.798. The van der Waals surface area contributed by atoms with Crippen molar-refractivity contribution >= 4 is 21.7 Å². The molecule has 1 aromatic rings. The number of nitrogens with zero attached hydrogens (tertiary/aromatic N) is 2. The lowest BCUT2D eigenvalue weighted by atomic mass is 10.2. The Kier molecular flexibility index (Phi) is 3.59. The quantitative estimate of drug-likeness (QED) is 0.663. The fourth-order valence-electron chi connectivity index (χ4n) is 1.59. The fourth-order valence-corrected chi connectivity index (χ4v) is 1.99. The Morgan fingerprint density at radius 3 is 3.00 bits per heavy atom. The summed E-state index contributed by atoms with van der Waals surface area (Å²) < 4.78 is 0.859. The van der Waals surface area contributed by atoms with Gasteiger partial charge in [-0.3, -0.25) is 0 Å². The topological polar surface area (TPSA) is 37.8 Å². The van der Waals surface area contributed by atoms with E-state index in [-0.39, 0.29) is 0 Å². The third-order valence-electron chi connectivity index (χ3n) is 2.57. The third kappa shape index (κ3) is 3.04. The zero-order chi connectivity index (χ0) is 11.5. The van der Waals surface area contributed by atoms with Gasteiger partial charge in [0.1, 0.15) is 16.2 Å². The van der Waals surface area contributed by atoms with Gasteiger partial charge >= 0.3 is 0 Å². The molecule has 0 spiro atoms. The molecule has 1 unspecified atom stereocenters. The van der Waals surface area contributed by atoms with Crippen LogP contribution in [-0.2, 0) is 0 Å². The molecule has 1 fully saturated rings. The summed E-state index contributed by atoms with van der Waals surface area (Å²) >= 11 is 3.43. The van der Waals surface area contributed by atoms with Crippen molar-refractivity contribution in [1.82, 2.24) is 9.97 Å². The fraction of sp³-hybridized carbons (Fsp3) is 0.500. The molecule has 1 aliphatic carbocycles.